The van der Waals surface area contributed by atoms with Gasteiger partial charge in [0, 0.05) is 31.6 Å². The summed E-state index contributed by atoms with van der Waals surface area (Å²) in [6.45, 7) is 0.646. The molecule has 27 heavy (non-hydrogen) atoms. The van der Waals surface area contributed by atoms with Crippen molar-refractivity contribution < 1.29 is 17.9 Å². The lowest BCUT2D eigenvalue weighted by molar-refractivity contribution is 0.0865. The third-order valence-corrected chi connectivity index (χ3v) is 7.08. The highest BCUT2D eigenvalue weighted by atomic mass is 32.2. The fourth-order valence-corrected chi connectivity index (χ4v) is 5.06. The maximum Gasteiger partial charge on any atom is 0.255 e. The van der Waals surface area contributed by atoms with Gasteiger partial charge in [-0.3, -0.25) is 4.79 Å². The van der Waals surface area contributed by atoms with Gasteiger partial charge in [-0.25, -0.2) is 8.42 Å². The van der Waals surface area contributed by atoms with Gasteiger partial charge in [0.05, 0.1) is 17.6 Å². The number of hydrogen-bond donors (Lipinski definition) is 2. The van der Waals surface area contributed by atoms with E-state index in [0.29, 0.717) is 37.2 Å². The largest absolute Gasteiger partial charge is 0.497 e. The first-order valence-corrected chi connectivity index (χ1v) is 10.2. The highest BCUT2D eigenvalue weighted by Gasteiger charge is 2.42. The Kier molecular flexibility index (Phi) is 4.32. The van der Waals surface area contributed by atoms with Crippen LogP contribution in [-0.4, -0.2) is 44.5 Å². The van der Waals surface area contributed by atoms with E-state index in [1.807, 2.05) is 18.2 Å². The molecule has 0 atom stereocenters. The van der Waals surface area contributed by atoms with Gasteiger partial charge >= 0.3 is 0 Å². The quantitative estimate of drug-likeness (QED) is 0.841. The van der Waals surface area contributed by atoms with Crippen molar-refractivity contribution in [2.45, 2.75) is 23.4 Å². The molecule has 0 aliphatic carbocycles. The number of carbonyl (C=O) groups is 1. The topological polar surface area (TPSA) is 87.7 Å². The van der Waals surface area contributed by atoms with Crippen LogP contribution in [0.25, 0.3) is 0 Å². The Morgan fingerprint density at radius 1 is 1.00 bits per heavy atom. The smallest absolute Gasteiger partial charge is 0.255 e. The number of rotatable bonds is 3. The standard InChI is InChI=1S/C19H21N3O4S/c1-26-14-6-8-15(9-7-14)27(24,25)22-12-10-19(11-13-22)20-17-5-3-2-4-16(17)18(23)21-19/h2-9,20H,10-13H2,1H3,(H,21,23). The zero-order chi connectivity index (χ0) is 19.1. The van der Waals surface area contributed by atoms with Crippen LogP contribution in [0.3, 0.4) is 0 Å². The van der Waals surface area contributed by atoms with Crippen LogP contribution in [0, 0.1) is 0 Å². The van der Waals surface area contributed by atoms with Crippen LogP contribution < -0.4 is 15.4 Å². The molecule has 1 spiro atoms. The van der Waals surface area contributed by atoms with Gasteiger partial charge in [0.1, 0.15) is 11.4 Å². The summed E-state index contributed by atoms with van der Waals surface area (Å²) in [5, 5.41) is 6.43. The summed E-state index contributed by atoms with van der Waals surface area (Å²) in [6, 6.07) is 13.7. The molecule has 142 valence electrons. The molecule has 0 unspecified atom stereocenters. The number of anilines is 1. The van der Waals surface area contributed by atoms with Crippen molar-refractivity contribution >= 4 is 21.6 Å². The second kappa shape index (κ2) is 6.54. The number of sulfonamides is 1. The van der Waals surface area contributed by atoms with Gasteiger partial charge in [-0.1, -0.05) is 12.1 Å². The molecular weight excluding hydrogens is 366 g/mol. The van der Waals surface area contributed by atoms with Crippen molar-refractivity contribution in [2.24, 2.45) is 0 Å². The Labute approximate surface area is 158 Å². The second-order valence-electron chi connectivity index (χ2n) is 6.79. The maximum atomic E-state index is 12.9. The highest BCUT2D eigenvalue weighted by Crippen LogP contribution is 2.33. The minimum Gasteiger partial charge on any atom is -0.497 e. The number of ether oxygens (including phenoxy) is 1. The minimum atomic E-state index is -3.58. The molecule has 0 bridgehead atoms. The SMILES string of the molecule is COc1ccc(S(=O)(=O)N2CCC3(CC2)NC(=O)c2ccccc2N3)cc1. The normalized spacial score (nSPS) is 19.1. The van der Waals surface area contributed by atoms with E-state index in [1.165, 1.54) is 11.4 Å². The third-order valence-electron chi connectivity index (χ3n) is 5.17. The monoisotopic (exact) mass is 387 g/mol. The predicted octanol–water partition coefficient (Wildman–Crippen LogP) is 2.03. The number of hydrogen-bond acceptors (Lipinski definition) is 5. The van der Waals surface area contributed by atoms with Gasteiger partial charge in [0.25, 0.3) is 5.91 Å². The van der Waals surface area contributed by atoms with Crippen molar-refractivity contribution in [3.8, 4) is 5.75 Å². The van der Waals surface area contributed by atoms with Crippen LogP contribution in [0.2, 0.25) is 0 Å². The molecule has 2 aromatic carbocycles. The molecule has 7 nitrogen and oxygen atoms in total. The summed E-state index contributed by atoms with van der Waals surface area (Å²) in [4.78, 5) is 12.7. The average Bonchev–Trinajstić information content (AvgIpc) is 2.68. The Bertz CT molecular complexity index is 965. The summed E-state index contributed by atoms with van der Waals surface area (Å²) in [5.41, 5.74) is 0.779. The molecule has 2 heterocycles. The van der Waals surface area contributed by atoms with Crippen LogP contribution in [0.1, 0.15) is 23.2 Å². The number of benzene rings is 2. The van der Waals surface area contributed by atoms with E-state index in [2.05, 4.69) is 10.6 Å². The van der Waals surface area contributed by atoms with Crippen molar-refractivity contribution in [3.05, 3.63) is 54.1 Å². The molecule has 1 fully saturated rings. The minimum absolute atomic E-state index is 0.129. The highest BCUT2D eigenvalue weighted by molar-refractivity contribution is 7.89. The van der Waals surface area contributed by atoms with Crippen LogP contribution in [0.4, 0.5) is 5.69 Å². The number of amides is 1. The van der Waals surface area contributed by atoms with Gasteiger partial charge in [-0.15, -0.1) is 0 Å². The van der Waals surface area contributed by atoms with E-state index < -0.39 is 15.7 Å². The lowest BCUT2D eigenvalue weighted by Gasteiger charge is -2.45. The first kappa shape index (κ1) is 17.8. The van der Waals surface area contributed by atoms with Crippen molar-refractivity contribution in [2.75, 3.05) is 25.5 Å². The second-order valence-corrected chi connectivity index (χ2v) is 8.72. The molecule has 2 aliphatic rings. The molecular formula is C19H21N3O4S. The first-order chi connectivity index (χ1) is 12.9. The number of piperidine rings is 1. The van der Waals surface area contributed by atoms with Crippen LogP contribution in [0.15, 0.2) is 53.4 Å². The van der Waals surface area contributed by atoms with E-state index >= 15 is 0 Å². The average molecular weight is 387 g/mol. The molecule has 4 rings (SSSR count). The van der Waals surface area contributed by atoms with Crippen LogP contribution in [0.5, 0.6) is 5.75 Å². The van der Waals surface area contributed by atoms with E-state index in [1.54, 1.807) is 30.3 Å². The van der Waals surface area contributed by atoms with Gasteiger partial charge < -0.3 is 15.4 Å². The molecule has 0 radical (unpaired) electrons. The van der Waals surface area contributed by atoms with E-state index in [9.17, 15) is 13.2 Å². The van der Waals surface area contributed by atoms with Crippen molar-refractivity contribution in [1.29, 1.82) is 0 Å². The number of nitrogens with zero attached hydrogens (tertiary/aromatic N) is 1. The zero-order valence-electron chi connectivity index (χ0n) is 14.9. The Balaban J connectivity index is 1.51. The summed E-state index contributed by atoms with van der Waals surface area (Å²) < 4.78 is 32.3. The van der Waals surface area contributed by atoms with Gasteiger partial charge in [-0.05, 0) is 36.4 Å². The molecule has 2 N–H and O–H groups in total. The lowest BCUT2D eigenvalue weighted by atomic mass is 9.93. The summed E-state index contributed by atoms with van der Waals surface area (Å²) in [5.74, 6) is 0.482. The first-order valence-electron chi connectivity index (χ1n) is 8.77. The molecule has 1 amide bonds. The molecule has 2 aromatic rings. The number of para-hydroxylation sites is 1. The van der Waals surface area contributed by atoms with Crippen molar-refractivity contribution in [3.63, 3.8) is 0 Å². The molecule has 8 heteroatoms. The number of fused-ring (bicyclic) bond motifs is 1. The number of methoxy groups -OCH3 is 1. The lowest BCUT2D eigenvalue weighted by Crippen LogP contribution is -2.62. The van der Waals surface area contributed by atoms with E-state index in [-0.39, 0.29) is 10.8 Å². The van der Waals surface area contributed by atoms with Gasteiger partial charge in [-0.2, -0.15) is 4.31 Å². The molecule has 0 aromatic heterocycles. The third kappa shape index (κ3) is 3.15. The summed E-state index contributed by atoms with van der Waals surface area (Å²) in [6.07, 6.45) is 0.977. The fraction of sp³-hybridized carbons (Fsp3) is 0.316. The fourth-order valence-electron chi connectivity index (χ4n) is 3.62. The van der Waals surface area contributed by atoms with E-state index in [4.69, 9.17) is 4.74 Å². The number of nitrogens with one attached hydrogen (secondary N) is 2. The molecule has 0 saturated carbocycles. The predicted molar refractivity (Wildman–Crippen MR) is 101 cm³/mol. The zero-order valence-corrected chi connectivity index (χ0v) is 15.8. The van der Waals surface area contributed by atoms with Crippen LogP contribution >= 0.6 is 0 Å². The van der Waals surface area contributed by atoms with Gasteiger partial charge in [0.15, 0.2) is 0 Å². The molecule has 2 aliphatic heterocycles. The van der Waals surface area contributed by atoms with E-state index in [0.717, 1.165) is 5.69 Å². The Hall–Kier alpha value is -2.58. The summed E-state index contributed by atoms with van der Waals surface area (Å²) >= 11 is 0. The van der Waals surface area contributed by atoms with Crippen molar-refractivity contribution in [1.82, 2.24) is 9.62 Å². The maximum absolute atomic E-state index is 12.9. The Morgan fingerprint density at radius 3 is 2.33 bits per heavy atom. The number of carbonyl (C=O) groups excluding carboxylic acids is 1. The Morgan fingerprint density at radius 2 is 1.67 bits per heavy atom. The van der Waals surface area contributed by atoms with Gasteiger partial charge in [0.2, 0.25) is 10.0 Å². The summed E-state index contributed by atoms with van der Waals surface area (Å²) in [7, 11) is -2.04. The van der Waals surface area contributed by atoms with Crippen LogP contribution in [-0.2, 0) is 10.0 Å². The molecule has 1 saturated heterocycles.